The summed E-state index contributed by atoms with van der Waals surface area (Å²) in [5, 5.41) is 15.5. The Bertz CT molecular complexity index is 1530. The number of carbonyl (C=O) groups excluding carboxylic acids is 2. The molecule has 0 saturated carbocycles. The Kier molecular flexibility index (Phi) is 11.3. The molecule has 2 N–H and O–H groups in total. The van der Waals surface area contributed by atoms with Crippen molar-refractivity contribution in [3.63, 3.8) is 0 Å². The Hall–Kier alpha value is -4.44. The van der Waals surface area contributed by atoms with Crippen LogP contribution in [0.3, 0.4) is 0 Å². The van der Waals surface area contributed by atoms with Gasteiger partial charge in [0.15, 0.2) is 11.5 Å². The third-order valence-electron chi connectivity index (χ3n) is 7.31. The fourth-order valence-electron chi connectivity index (χ4n) is 4.89. The number of para-hydroxylation sites is 1. The molecule has 0 aliphatic heterocycles. The van der Waals surface area contributed by atoms with E-state index in [0.29, 0.717) is 29.6 Å². The van der Waals surface area contributed by atoms with Crippen molar-refractivity contribution in [2.45, 2.75) is 52.4 Å². The van der Waals surface area contributed by atoms with Crippen LogP contribution in [0, 0.1) is 0 Å². The lowest BCUT2D eigenvalue weighted by molar-refractivity contribution is -0.116. The van der Waals surface area contributed by atoms with Crippen molar-refractivity contribution >= 4 is 34.1 Å². The van der Waals surface area contributed by atoms with Crippen molar-refractivity contribution < 1.29 is 19.1 Å². The molecule has 3 aromatic carbocycles. The maximum Gasteiger partial charge on any atom is 0.321 e. The van der Waals surface area contributed by atoms with Crippen molar-refractivity contribution in [2.24, 2.45) is 0 Å². The van der Waals surface area contributed by atoms with Crippen molar-refractivity contribution in [1.29, 1.82) is 0 Å². The number of hydrogen-bond acceptors (Lipinski definition) is 7. The highest BCUT2D eigenvalue weighted by Gasteiger charge is 2.21. The second-order valence-electron chi connectivity index (χ2n) is 11.1. The van der Waals surface area contributed by atoms with Gasteiger partial charge in [0.1, 0.15) is 5.01 Å². The van der Waals surface area contributed by atoms with Gasteiger partial charge in [0, 0.05) is 30.8 Å². The van der Waals surface area contributed by atoms with Gasteiger partial charge in [0.25, 0.3) is 0 Å². The minimum atomic E-state index is -0.254. The van der Waals surface area contributed by atoms with Crippen molar-refractivity contribution in [3.8, 4) is 22.1 Å². The van der Waals surface area contributed by atoms with Gasteiger partial charge in [0.2, 0.25) is 11.0 Å². The van der Waals surface area contributed by atoms with Gasteiger partial charge in [0.05, 0.1) is 14.2 Å². The maximum absolute atomic E-state index is 13.9. The number of benzene rings is 3. The zero-order chi connectivity index (χ0) is 31.6. The molecule has 0 bridgehead atoms. The Morgan fingerprint density at radius 2 is 1.50 bits per heavy atom. The summed E-state index contributed by atoms with van der Waals surface area (Å²) in [6.07, 6.45) is 0.664. The van der Waals surface area contributed by atoms with Gasteiger partial charge in [-0.15, -0.1) is 10.2 Å². The highest BCUT2D eigenvalue weighted by atomic mass is 32.1. The van der Waals surface area contributed by atoms with Crippen LogP contribution in [-0.2, 0) is 11.2 Å². The lowest BCUT2D eigenvalue weighted by atomic mass is 9.93. The number of hydrogen-bond donors (Lipinski definition) is 2. The Morgan fingerprint density at radius 3 is 2.14 bits per heavy atom. The van der Waals surface area contributed by atoms with Gasteiger partial charge in [-0.05, 0) is 47.1 Å². The van der Waals surface area contributed by atoms with E-state index in [0.717, 1.165) is 32.9 Å². The van der Waals surface area contributed by atoms with E-state index in [2.05, 4.69) is 60.7 Å². The molecule has 1 heterocycles. The predicted molar refractivity (Wildman–Crippen MR) is 177 cm³/mol. The fraction of sp³-hybridized carbons (Fsp3) is 0.353. The largest absolute Gasteiger partial charge is 0.493 e. The quantitative estimate of drug-likeness (QED) is 0.161. The second-order valence-corrected chi connectivity index (χ2v) is 12.0. The molecule has 232 valence electrons. The summed E-state index contributed by atoms with van der Waals surface area (Å²) in [6.45, 7) is 9.08. The van der Waals surface area contributed by atoms with Gasteiger partial charge in [-0.2, -0.15) is 0 Å². The van der Waals surface area contributed by atoms with Gasteiger partial charge >= 0.3 is 6.03 Å². The molecule has 0 fully saturated rings. The zero-order valence-corrected chi connectivity index (χ0v) is 27.0. The maximum atomic E-state index is 13.9. The van der Waals surface area contributed by atoms with Crippen LogP contribution in [0.2, 0.25) is 0 Å². The normalized spacial score (nSPS) is 11.0. The molecule has 0 aliphatic rings. The minimum Gasteiger partial charge on any atom is -0.493 e. The molecule has 0 unspecified atom stereocenters. The number of methoxy groups -OCH3 is 2. The Balaban J connectivity index is 1.50. The van der Waals surface area contributed by atoms with Gasteiger partial charge in [-0.3, -0.25) is 4.79 Å². The van der Waals surface area contributed by atoms with Crippen LogP contribution in [0.1, 0.15) is 62.6 Å². The summed E-state index contributed by atoms with van der Waals surface area (Å²) in [7, 11) is 3.19. The standard InChI is InChI=1S/C34H41N5O4S/c1-22(2)26-13-10-14-27(23(3)4)31(26)36-34(41)39(19-17-24-15-16-28(42-5)29(21-24)43-6)20-18-30(40)35-33-38-37-32(44-33)25-11-8-7-9-12-25/h7-16,21-23H,17-20H2,1-6H3,(H,36,41)(H,35,38,40). The van der Waals surface area contributed by atoms with Gasteiger partial charge < -0.3 is 25.0 Å². The van der Waals surface area contributed by atoms with Crippen molar-refractivity contribution in [3.05, 3.63) is 83.4 Å². The monoisotopic (exact) mass is 615 g/mol. The summed E-state index contributed by atoms with van der Waals surface area (Å²) in [4.78, 5) is 28.5. The first kappa shape index (κ1) is 32.5. The molecule has 0 atom stereocenters. The molecule has 0 aliphatic carbocycles. The summed E-state index contributed by atoms with van der Waals surface area (Å²) >= 11 is 1.31. The number of carbonyl (C=O) groups is 2. The molecule has 1 aromatic heterocycles. The van der Waals surface area contributed by atoms with E-state index in [1.165, 1.54) is 11.3 Å². The number of amides is 3. The van der Waals surface area contributed by atoms with Crippen LogP contribution in [0.15, 0.2) is 66.7 Å². The van der Waals surface area contributed by atoms with Crippen LogP contribution in [-0.4, -0.2) is 54.3 Å². The number of rotatable bonds is 13. The van der Waals surface area contributed by atoms with E-state index in [9.17, 15) is 9.59 Å². The number of nitrogens with zero attached hydrogens (tertiary/aromatic N) is 3. The van der Waals surface area contributed by atoms with E-state index in [1.54, 1.807) is 19.1 Å². The topological polar surface area (TPSA) is 106 Å². The second kappa shape index (κ2) is 15.3. The number of nitrogens with one attached hydrogen (secondary N) is 2. The number of ether oxygens (including phenoxy) is 2. The lowest BCUT2D eigenvalue weighted by Crippen LogP contribution is -2.39. The molecule has 3 amide bonds. The number of anilines is 2. The first-order valence-corrected chi connectivity index (χ1v) is 15.6. The predicted octanol–water partition coefficient (Wildman–Crippen LogP) is 7.57. The van der Waals surface area contributed by atoms with Crippen molar-refractivity contribution in [1.82, 2.24) is 15.1 Å². The Labute approximate surface area is 263 Å². The molecule has 4 rings (SSSR count). The third kappa shape index (κ3) is 8.35. The van der Waals surface area contributed by atoms with E-state index >= 15 is 0 Å². The van der Waals surface area contributed by atoms with Crippen LogP contribution >= 0.6 is 11.3 Å². The van der Waals surface area contributed by atoms with Crippen LogP contribution in [0.4, 0.5) is 15.6 Å². The summed E-state index contributed by atoms with van der Waals surface area (Å²) in [6, 6.07) is 21.3. The minimum absolute atomic E-state index is 0.0997. The molecular weight excluding hydrogens is 574 g/mol. The molecule has 0 spiro atoms. The van der Waals surface area contributed by atoms with E-state index < -0.39 is 0 Å². The SMILES string of the molecule is COc1ccc(CCN(CCC(=O)Nc2nnc(-c3ccccc3)s2)C(=O)Nc2c(C(C)C)cccc2C(C)C)cc1OC. The molecule has 0 saturated heterocycles. The van der Waals surface area contributed by atoms with Crippen LogP contribution in [0.25, 0.3) is 10.6 Å². The highest BCUT2D eigenvalue weighted by Crippen LogP contribution is 2.33. The van der Waals surface area contributed by atoms with E-state index in [-0.39, 0.29) is 36.7 Å². The molecule has 4 aromatic rings. The number of aromatic nitrogens is 2. The first-order chi connectivity index (χ1) is 21.2. The van der Waals surface area contributed by atoms with Crippen LogP contribution in [0.5, 0.6) is 11.5 Å². The number of urea groups is 1. The summed E-state index contributed by atoms with van der Waals surface area (Å²) < 4.78 is 10.8. The molecule has 9 nitrogen and oxygen atoms in total. The average Bonchev–Trinajstić information content (AvgIpc) is 3.49. The summed E-state index contributed by atoms with van der Waals surface area (Å²) in [5.41, 5.74) is 4.91. The summed E-state index contributed by atoms with van der Waals surface area (Å²) in [5.74, 6) is 1.47. The highest BCUT2D eigenvalue weighted by molar-refractivity contribution is 7.18. The first-order valence-electron chi connectivity index (χ1n) is 14.8. The molecule has 10 heteroatoms. The molecule has 0 radical (unpaired) electrons. The Morgan fingerprint density at radius 1 is 0.818 bits per heavy atom. The van der Waals surface area contributed by atoms with Crippen molar-refractivity contribution in [2.75, 3.05) is 37.9 Å². The van der Waals surface area contributed by atoms with E-state index in [4.69, 9.17) is 9.47 Å². The van der Waals surface area contributed by atoms with E-state index in [1.807, 2.05) is 54.6 Å². The fourth-order valence-corrected chi connectivity index (χ4v) is 5.65. The van der Waals surface area contributed by atoms with Gasteiger partial charge in [-0.1, -0.05) is 93.6 Å². The third-order valence-corrected chi connectivity index (χ3v) is 8.20. The molecular formula is C34H41N5O4S. The molecule has 44 heavy (non-hydrogen) atoms. The van der Waals surface area contributed by atoms with Gasteiger partial charge in [-0.25, -0.2) is 4.79 Å². The lowest BCUT2D eigenvalue weighted by Gasteiger charge is -2.26. The zero-order valence-electron chi connectivity index (χ0n) is 26.2. The average molecular weight is 616 g/mol. The van der Waals surface area contributed by atoms with Crippen LogP contribution < -0.4 is 20.1 Å². The smallest absolute Gasteiger partial charge is 0.321 e.